The molecule has 1 aromatic heterocycles. The molecule has 0 fully saturated rings. The number of H-pyrrole nitrogens is 3. The van der Waals surface area contributed by atoms with Gasteiger partial charge in [-0.25, -0.2) is 5.21 Å². The highest BCUT2D eigenvalue weighted by atomic mass is 16.3. The van der Waals surface area contributed by atoms with E-state index in [4.69, 9.17) is 10.2 Å². The van der Waals surface area contributed by atoms with Gasteiger partial charge in [-0.1, -0.05) is 0 Å². The van der Waals surface area contributed by atoms with E-state index >= 15 is 0 Å². The van der Waals surface area contributed by atoms with E-state index in [1.54, 1.807) is 0 Å². The lowest BCUT2D eigenvalue weighted by molar-refractivity contribution is 0.385. The Bertz CT molecular complexity index is 198. The number of nitrogens with one attached hydrogen (secondary N) is 3. The summed E-state index contributed by atoms with van der Waals surface area (Å²) in [5.74, 6) is -0.524. The summed E-state index contributed by atoms with van der Waals surface area (Å²) in [6.45, 7) is 0. The van der Waals surface area contributed by atoms with Crippen molar-refractivity contribution >= 4 is 0 Å². The third-order valence-corrected chi connectivity index (χ3v) is 0.820. The average molecular weight is 129 g/mol. The normalized spacial score (nSPS) is 8.89. The summed E-state index contributed by atoms with van der Waals surface area (Å²) in [5.41, 5.74) is 0. The fourth-order valence-electron chi connectivity index (χ4n) is 0.401. The zero-order valence-electron chi connectivity index (χ0n) is 4.55. The minimum Gasteiger partial charge on any atom is -0.503 e. The summed E-state index contributed by atoms with van der Waals surface area (Å²) in [4.78, 5) is 0. The van der Waals surface area contributed by atoms with Crippen LogP contribution in [0.3, 0.4) is 0 Å². The minimum atomic E-state index is -0.309. The van der Waals surface area contributed by atoms with Crippen LogP contribution in [0, 0.1) is 0 Å². The molecule has 0 amide bonds. The Hall–Kier alpha value is -1.52. The molecule has 1 rings (SSSR count). The SMILES string of the molecule is Oc1cc[nH][nH][nH]c1O. The summed E-state index contributed by atoms with van der Waals surface area (Å²) in [5, 5.41) is 24.6. The maximum atomic E-state index is 8.76. The van der Waals surface area contributed by atoms with Crippen molar-refractivity contribution in [1.82, 2.24) is 15.4 Å². The molecule has 1 heterocycles. The first-order chi connectivity index (χ1) is 4.30. The zero-order chi connectivity index (χ0) is 6.69. The van der Waals surface area contributed by atoms with Gasteiger partial charge in [0.1, 0.15) is 0 Å². The second-order valence-electron chi connectivity index (χ2n) is 1.46. The summed E-state index contributed by atoms with van der Waals surface area (Å²) in [7, 11) is 0. The first-order valence-corrected chi connectivity index (χ1v) is 2.36. The molecule has 5 heteroatoms. The monoisotopic (exact) mass is 129 g/mol. The molecule has 0 saturated heterocycles. The summed E-state index contributed by atoms with van der Waals surface area (Å²) in [6, 6.07) is 1.31. The van der Waals surface area contributed by atoms with Crippen molar-refractivity contribution in [1.29, 1.82) is 0 Å². The van der Waals surface area contributed by atoms with E-state index in [-0.39, 0.29) is 11.6 Å². The second kappa shape index (κ2) is 2.17. The van der Waals surface area contributed by atoms with Crippen LogP contribution in [0.4, 0.5) is 0 Å². The van der Waals surface area contributed by atoms with Crippen LogP contribution >= 0.6 is 0 Å². The van der Waals surface area contributed by atoms with E-state index in [1.165, 1.54) is 12.3 Å². The van der Waals surface area contributed by atoms with Crippen LogP contribution in [-0.2, 0) is 0 Å². The van der Waals surface area contributed by atoms with Gasteiger partial charge in [-0.15, -0.1) is 0 Å². The molecule has 5 N–H and O–H groups in total. The Labute approximate surface area is 50.6 Å². The van der Waals surface area contributed by atoms with Crippen LogP contribution in [0.5, 0.6) is 11.6 Å². The van der Waals surface area contributed by atoms with E-state index in [2.05, 4.69) is 15.4 Å². The van der Waals surface area contributed by atoms with Crippen LogP contribution in [-0.4, -0.2) is 25.6 Å². The van der Waals surface area contributed by atoms with Gasteiger partial charge in [-0.2, -0.15) is 0 Å². The fourth-order valence-corrected chi connectivity index (χ4v) is 0.401. The topological polar surface area (TPSA) is 87.8 Å². The molecule has 0 aliphatic carbocycles. The Kier molecular flexibility index (Phi) is 1.35. The molecule has 0 atom stereocenters. The van der Waals surface area contributed by atoms with Crippen molar-refractivity contribution in [2.45, 2.75) is 0 Å². The molecule has 9 heavy (non-hydrogen) atoms. The molecule has 0 spiro atoms. The van der Waals surface area contributed by atoms with Crippen molar-refractivity contribution in [2.75, 3.05) is 0 Å². The Morgan fingerprint density at radius 3 is 2.89 bits per heavy atom. The lowest BCUT2D eigenvalue weighted by Crippen LogP contribution is -1.74. The van der Waals surface area contributed by atoms with E-state index in [1.807, 2.05) is 0 Å². The highest BCUT2D eigenvalue weighted by molar-refractivity contribution is 5.25. The van der Waals surface area contributed by atoms with Crippen LogP contribution in [0.2, 0.25) is 0 Å². The van der Waals surface area contributed by atoms with Gasteiger partial charge in [0.05, 0.1) is 0 Å². The highest BCUT2D eigenvalue weighted by Gasteiger charge is 1.89. The molecule has 50 valence electrons. The summed E-state index contributed by atoms with van der Waals surface area (Å²) >= 11 is 0. The van der Waals surface area contributed by atoms with Crippen LogP contribution in [0.25, 0.3) is 0 Å². The number of hydrogen-bond acceptors (Lipinski definition) is 2. The second-order valence-corrected chi connectivity index (χ2v) is 1.46. The lowest BCUT2D eigenvalue weighted by Gasteiger charge is -1.85. The van der Waals surface area contributed by atoms with Gasteiger partial charge in [0.15, 0.2) is 5.75 Å². The molecule has 0 unspecified atom stereocenters. The van der Waals surface area contributed by atoms with E-state index in [0.717, 1.165) is 0 Å². The Morgan fingerprint density at radius 1 is 1.33 bits per heavy atom. The smallest absolute Gasteiger partial charge is 0.247 e. The molecule has 0 aromatic carbocycles. The predicted molar refractivity (Wildman–Crippen MR) is 30.5 cm³/mol. The molecule has 0 bridgehead atoms. The first-order valence-electron chi connectivity index (χ1n) is 2.36. The number of rotatable bonds is 0. The quantitative estimate of drug-likeness (QED) is 0.346. The van der Waals surface area contributed by atoms with Crippen molar-refractivity contribution < 1.29 is 10.2 Å². The molecule has 1 aromatic rings. The van der Waals surface area contributed by atoms with E-state index in [0.29, 0.717) is 0 Å². The largest absolute Gasteiger partial charge is 0.503 e. The minimum absolute atomic E-state index is 0.215. The van der Waals surface area contributed by atoms with Crippen LogP contribution < -0.4 is 0 Å². The molecule has 5 nitrogen and oxygen atoms in total. The Morgan fingerprint density at radius 2 is 2.11 bits per heavy atom. The van der Waals surface area contributed by atoms with Crippen LogP contribution in [0.15, 0.2) is 12.3 Å². The number of aromatic nitrogens is 3. The van der Waals surface area contributed by atoms with E-state index in [9.17, 15) is 0 Å². The zero-order valence-corrected chi connectivity index (χ0v) is 4.55. The van der Waals surface area contributed by atoms with Crippen LogP contribution in [0.1, 0.15) is 0 Å². The average Bonchev–Trinajstić information content (AvgIpc) is 1.99. The maximum absolute atomic E-state index is 8.76. The Balaban J connectivity index is 3.24. The molecular formula is C4H7N3O2. The third-order valence-electron chi connectivity index (χ3n) is 0.820. The van der Waals surface area contributed by atoms with Gasteiger partial charge >= 0.3 is 0 Å². The van der Waals surface area contributed by atoms with Crippen molar-refractivity contribution in [2.24, 2.45) is 0 Å². The van der Waals surface area contributed by atoms with E-state index < -0.39 is 0 Å². The molecular weight excluding hydrogens is 122 g/mol. The van der Waals surface area contributed by atoms with Gasteiger partial charge in [0.25, 0.3) is 0 Å². The number of hydrogen-bond donors (Lipinski definition) is 5. The summed E-state index contributed by atoms with van der Waals surface area (Å²) < 4.78 is 0. The molecule has 0 aliphatic heterocycles. The third kappa shape index (κ3) is 1.18. The molecule has 0 aliphatic rings. The van der Waals surface area contributed by atoms with Gasteiger partial charge in [0, 0.05) is 12.3 Å². The standard InChI is InChI=1S/C4H7N3O2/c8-3-1-2-5-7-6-4(3)9/h1-2,5-9H. The van der Waals surface area contributed by atoms with Crippen molar-refractivity contribution in [3.63, 3.8) is 0 Å². The first kappa shape index (κ1) is 5.61. The van der Waals surface area contributed by atoms with Gasteiger partial charge in [-0.05, 0) is 0 Å². The lowest BCUT2D eigenvalue weighted by atomic mass is 10.5. The van der Waals surface area contributed by atoms with Gasteiger partial charge in [-0.3, -0.25) is 10.2 Å². The van der Waals surface area contributed by atoms with Gasteiger partial charge in [0.2, 0.25) is 5.88 Å². The molecule has 0 saturated carbocycles. The number of aromatic amines is 3. The summed E-state index contributed by atoms with van der Waals surface area (Å²) in [6.07, 6.45) is 1.44. The number of aromatic hydroxyl groups is 2. The fraction of sp³-hybridized carbons (Fsp3) is 0. The van der Waals surface area contributed by atoms with Gasteiger partial charge < -0.3 is 10.2 Å². The maximum Gasteiger partial charge on any atom is 0.247 e. The van der Waals surface area contributed by atoms with Crippen molar-refractivity contribution in [3.8, 4) is 11.6 Å². The molecule has 0 radical (unpaired) electrons. The van der Waals surface area contributed by atoms with Crippen molar-refractivity contribution in [3.05, 3.63) is 12.3 Å². The predicted octanol–water partition coefficient (Wildman–Crippen LogP) is 0.206. The highest BCUT2D eigenvalue weighted by Crippen LogP contribution is 2.15.